The standard InChI is InChI=1S/C14H23N/c1-4-8-12(2)11-14(15-3)13-9-6-5-7-10-13/h5-7,9-10,12,14-15H,4,8,11H2,1-3H3. The minimum absolute atomic E-state index is 0.507. The molecule has 0 saturated carbocycles. The molecule has 0 spiro atoms. The molecule has 0 aliphatic rings. The van der Waals surface area contributed by atoms with Crippen LogP contribution < -0.4 is 5.32 Å². The maximum Gasteiger partial charge on any atom is 0.0320 e. The van der Waals surface area contributed by atoms with Gasteiger partial charge in [0.05, 0.1) is 0 Å². The van der Waals surface area contributed by atoms with E-state index in [9.17, 15) is 0 Å². The van der Waals surface area contributed by atoms with Gasteiger partial charge >= 0.3 is 0 Å². The Hall–Kier alpha value is -0.820. The molecule has 0 fully saturated rings. The molecule has 1 heteroatoms. The quantitative estimate of drug-likeness (QED) is 0.745. The van der Waals surface area contributed by atoms with Crippen molar-refractivity contribution in [3.05, 3.63) is 35.9 Å². The summed E-state index contributed by atoms with van der Waals surface area (Å²) in [5, 5.41) is 3.41. The van der Waals surface area contributed by atoms with Crippen molar-refractivity contribution >= 4 is 0 Å². The second kappa shape index (κ2) is 6.62. The lowest BCUT2D eigenvalue weighted by Gasteiger charge is -2.20. The molecule has 0 aliphatic heterocycles. The van der Waals surface area contributed by atoms with Gasteiger partial charge in [-0.2, -0.15) is 0 Å². The molecule has 15 heavy (non-hydrogen) atoms. The van der Waals surface area contributed by atoms with E-state index in [1.54, 1.807) is 0 Å². The van der Waals surface area contributed by atoms with Gasteiger partial charge in [-0.1, -0.05) is 57.0 Å². The highest BCUT2D eigenvalue weighted by Gasteiger charge is 2.12. The Labute approximate surface area is 93.9 Å². The highest BCUT2D eigenvalue weighted by atomic mass is 14.9. The Morgan fingerprint density at radius 2 is 1.87 bits per heavy atom. The summed E-state index contributed by atoms with van der Waals surface area (Å²) in [6.07, 6.45) is 3.84. The first-order valence-electron chi connectivity index (χ1n) is 6.00. The fourth-order valence-corrected chi connectivity index (χ4v) is 2.12. The number of hydrogen-bond donors (Lipinski definition) is 1. The summed E-state index contributed by atoms with van der Waals surface area (Å²) >= 11 is 0. The van der Waals surface area contributed by atoms with Crippen LogP contribution in [0.25, 0.3) is 0 Å². The zero-order chi connectivity index (χ0) is 11.1. The second-order valence-electron chi connectivity index (χ2n) is 4.38. The van der Waals surface area contributed by atoms with Crippen molar-refractivity contribution in [1.29, 1.82) is 0 Å². The Bertz CT molecular complexity index is 255. The van der Waals surface area contributed by atoms with Gasteiger partial charge < -0.3 is 5.32 Å². The van der Waals surface area contributed by atoms with E-state index in [0.29, 0.717) is 6.04 Å². The second-order valence-corrected chi connectivity index (χ2v) is 4.38. The van der Waals surface area contributed by atoms with E-state index in [1.165, 1.54) is 24.8 Å². The predicted molar refractivity (Wildman–Crippen MR) is 66.9 cm³/mol. The lowest BCUT2D eigenvalue weighted by molar-refractivity contribution is 0.407. The Morgan fingerprint density at radius 3 is 2.40 bits per heavy atom. The predicted octanol–water partition coefficient (Wildman–Crippen LogP) is 3.77. The molecule has 1 aromatic carbocycles. The summed E-state index contributed by atoms with van der Waals surface area (Å²) in [7, 11) is 2.05. The summed E-state index contributed by atoms with van der Waals surface area (Å²) in [5.74, 6) is 0.799. The molecule has 0 aromatic heterocycles. The molecule has 2 unspecified atom stereocenters. The van der Waals surface area contributed by atoms with Gasteiger partial charge in [-0.15, -0.1) is 0 Å². The molecule has 0 aliphatic carbocycles. The maximum absolute atomic E-state index is 3.41. The van der Waals surface area contributed by atoms with Crippen molar-refractivity contribution in [1.82, 2.24) is 5.32 Å². The van der Waals surface area contributed by atoms with Gasteiger partial charge in [0.1, 0.15) is 0 Å². The molecule has 1 N–H and O–H groups in total. The van der Waals surface area contributed by atoms with E-state index >= 15 is 0 Å². The van der Waals surface area contributed by atoms with E-state index in [0.717, 1.165) is 5.92 Å². The lowest BCUT2D eigenvalue weighted by atomic mass is 9.93. The molecular weight excluding hydrogens is 182 g/mol. The molecule has 0 saturated heterocycles. The number of rotatable bonds is 6. The van der Waals surface area contributed by atoms with Crippen molar-refractivity contribution in [2.75, 3.05) is 7.05 Å². The third-order valence-corrected chi connectivity index (χ3v) is 2.97. The third-order valence-electron chi connectivity index (χ3n) is 2.97. The fourth-order valence-electron chi connectivity index (χ4n) is 2.12. The molecule has 1 aromatic rings. The Balaban J connectivity index is 2.56. The monoisotopic (exact) mass is 205 g/mol. The maximum atomic E-state index is 3.41. The van der Waals surface area contributed by atoms with Gasteiger partial charge in [0.15, 0.2) is 0 Å². The van der Waals surface area contributed by atoms with Crippen LogP contribution in [0.4, 0.5) is 0 Å². The summed E-state index contributed by atoms with van der Waals surface area (Å²) in [5.41, 5.74) is 1.41. The molecule has 0 amide bonds. The summed E-state index contributed by atoms with van der Waals surface area (Å²) in [6.45, 7) is 4.60. The van der Waals surface area contributed by atoms with Crippen LogP contribution in [-0.4, -0.2) is 7.05 Å². The Morgan fingerprint density at radius 1 is 1.20 bits per heavy atom. The zero-order valence-electron chi connectivity index (χ0n) is 10.2. The van der Waals surface area contributed by atoms with E-state index in [4.69, 9.17) is 0 Å². The van der Waals surface area contributed by atoms with Gasteiger partial charge in [0.25, 0.3) is 0 Å². The molecule has 2 atom stereocenters. The fraction of sp³-hybridized carbons (Fsp3) is 0.571. The van der Waals surface area contributed by atoms with Crippen LogP contribution in [0.1, 0.15) is 44.7 Å². The van der Waals surface area contributed by atoms with Crippen molar-refractivity contribution in [2.24, 2.45) is 5.92 Å². The highest BCUT2D eigenvalue weighted by Crippen LogP contribution is 2.23. The van der Waals surface area contributed by atoms with E-state index in [-0.39, 0.29) is 0 Å². The lowest BCUT2D eigenvalue weighted by Crippen LogP contribution is -2.18. The van der Waals surface area contributed by atoms with Gasteiger partial charge in [0, 0.05) is 6.04 Å². The van der Waals surface area contributed by atoms with E-state index in [2.05, 4.69) is 56.5 Å². The smallest absolute Gasteiger partial charge is 0.0320 e. The van der Waals surface area contributed by atoms with Crippen LogP contribution in [0.15, 0.2) is 30.3 Å². The third kappa shape index (κ3) is 4.05. The van der Waals surface area contributed by atoms with Gasteiger partial charge in [0.2, 0.25) is 0 Å². The van der Waals surface area contributed by atoms with Crippen LogP contribution >= 0.6 is 0 Å². The molecule has 84 valence electrons. The molecule has 0 radical (unpaired) electrons. The van der Waals surface area contributed by atoms with E-state index < -0.39 is 0 Å². The molecule has 0 bridgehead atoms. The minimum Gasteiger partial charge on any atom is -0.313 e. The van der Waals surface area contributed by atoms with Gasteiger partial charge in [-0.25, -0.2) is 0 Å². The summed E-state index contributed by atoms with van der Waals surface area (Å²) in [6, 6.07) is 11.2. The first-order valence-corrected chi connectivity index (χ1v) is 6.00. The van der Waals surface area contributed by atoms with Crippen molar-refractivity contribution in [3.8, 4) is 0 Å². The normalized spacial score (nSPS) is 14.9. The van der Waals surface area contributed by atoms with Crippen LogP contribution in [0.3, 0.4) is 0 Å². The largest absolute Gasteiger partial charge is 0.313 e. The zero-order valence-corrected chi connectivity index (χ0v) is 10.2. The number of hydrogen-bond acceptors (Lipinski definition) is 1. The first-order chi connectivity index (χ1) is 7.27. The Kier molecular flexibility index (Phi) is 5.41. The van der Waals surface area contributed by atoms with Crippen LogP contribution in [0, 0.1) is 5.92 Å². The summed E-state index contributed by atoms with van der Waals surface area (Å²) < 4.78 is 0. The topological polar surface area (TPSA) is 12.0 Å². The highest BCUT2D eigenvalue weighted by molar-refractivity contribution is 5.18. The van der Waals surface area contributed by atoms with Crippen LogP contribution in [0.2, 0.25) is 0 Å². The van der Waals surface area contributed by atoms with Gasteiger partial charge in [-0.05, 0) is 24.9 Å². The molecule has 1 nitrogen and oxygen atoms in total. The van der Waals surface area contributed by atoms with Crippen LogP contribution in [0.5, 0.6) is 0 Å². The molecule has 0 heterocycles. The minimum atomic E-state index is 0.507. The van der Waals surface area contributed by atoms with Crippen LogP contribution in [-0.2, 0) is 0 Å². The summed E-state index contributed by atoms with van der Waals surface area (Å²) in [4.78, 5) is 0. The first kappa shape index (κ1) is 12.3. The van der Waals surface area contributed by atoms with E-state index in [1.807, 2.05) is 0 Å². The average molecular weight is 205 g/mol. The molecule has 1 rings (SSSR count). The SMILES string of the molecule is CCCC(C)CC(NC)c1ccccc1. The van der Waals surface area contributed by atoms with Crippen molar-refractivity contribution < 1.29 is 0 Å². The van der Waals surface area contributed by atoms with Crippen molar-refractivity contribution in [2.45, 2.75) is 39.2 Å². The number of benzene rings is 1. The number of nitrogens with one attached hydrogen (secondary N) is 1. The van der Waals surface area contributed by atoms with Crippen molar-refractivity contribution in [3.63, 3.8) is 0 Å². The van der Waals surface area contributed by atoms with Gasteiger partial charge in [-0.3, -0.25) is 0 Å². The average Bonchev–Trinajstić information content (AvgIpc) is 2.27. The molecular formula is C14H23N.